The van der Waals surface area contributed by atoms with E-state index in [4.69, 9.17) is 0 Å². The Morgan fingerprint density at radius 2 is 2.24 bits per heavy atom. The zero-order valence-corrected chi connectivity index (χ0v) is 10.8. The second kappa shape index (κ2) is 5.49. The molecule has 94 valence electrons. The summed E-state index contributed by atoms with van der Waals surface area (Å²) in [6, 6.07) is 0.0283. The average molecular weight is 254 g/mol. The lowest BCUT2D eigenvalue weighted by Crippen LogP contribution is -2.33. The normalized spacial score (nSPS) is 25.2. The monoisotopic (exact) mass is 254 g/mol. The van der Waals surface area contributed by atoms with Crippen molar-refractivity contribution in [3.05, 3.63) is 11.1 Å². The highest BCUT2D eigenvalue weighted by Crippen LogP contribution is 2.27. The van der Waals surface area contributed by atoms with Crippen LogP contribution in [0.5, 0.6) is 0 Å². The predicted octanol–water partition coefficient (Wildman–Crippen LogP) is 2.90. The van der Waals surface area contributed by atoms with Gasteiger partial charge in [-0.3, -0.25) is 4.79 Å². The number of aryl methyl sites for hydroxylation is 1. The van der Waals surface area contributed by atoms with Crippen LogP contribution in [0.15, 0.2) is 5.38 Å². The maximum Gasteiger partial charge on any atom is 0.308 e. The average Bonchev–Trinajstić information content (AvgIpc) is 2.55. The quantitative estimate of drug-likeness (QED) is 0.814. The van der Waals surface area contributed by atoms with Crippen molar-refractivity contribution in [1.29, 1.82) is 0 Å². The van der Waals surface area contributed by atoms with Gasteiger partial charge in [0.15, 0.2) is 5.13 Å². The van der Waals surface area contributed by atoms with E-state index in [0.717, 1.165) is 42.9 Å². The number of hydrogen-bond donors (Lipinski definition) is 2. The van der Waals surface area contributed by atoms with Gasteiger partial charge in [0.05, 0.1) is 11.6 Å². The highest BCUT2D eigenvalue weighted by molar-refractivity contribution is 7.13. The second-order valence-electron chi connectivity index (χ2n) is 4.63. The molecule has 0 spiro atoms. The standard InChI is InChI=1S/C12H18N2O2S/c1-8-7-17-12(13-8)14-10-6-4-2-3-5-9(10)11(15)16/h7,9-10H,2-6H2,1H3,(H,13,14)(H,15,16). The van der Waals surface area contributed by atoms with E-state index in [1.165, 1.54) is 0 Å². The molecule has 1 aliphatic rings. The Bertz CT molecular complexity index is 392. The number of hydrogen-bond acceptors (Lipinski definition) is 4. The van der Waals surface area contributed by atoms with Crippen molar-refractivity contribution in [3.63, 3.8) is 0 Å². The SMILES string of the molecule is Cc1csc(NC2CCCCCC2C(=O)O)n1. The lowest BCUT2D eigenvalue weighted by atomic mass is 9.95. The zero-order chi connectivity index (χ0) is 12.3. The van der Waals surface area contributed by atoms with Crippen LogP contribution < -0.4 is 5.32 Å². The summed E-state index contributed by atoms with van der Waals surface area (Å²) in [5.74, 6) is -0.959. The Labute approximate surface area is 105 Å². The molecule has 17 heavy (non-hydrogen) atoms. The summed E-state index contributed by atoms with van der Waals surface area (Å²) < 4.78 is 0. The Hall–Kier alpha value is -1.10. The van der Waals surface area contributed by atoms with E-state index in [1.54, 1.807) is 11.3 Å². The van der Waals surface area contributed by atoms with Crippen molar-refractivity contribution in [2.75, 3.05) is 5.32 Å². The number of aliphatic carboxylic acids is 1. The minimum absolute atomic E-state index is 0.0283. The molecule has 0 bridgehead atoms. The van der Waals surface area contributed by atoms with Crippen LogP contribution in [0.25, 0.3) is 0 Å². The number of nitrogens with one attached hydrogen (secondary N) is 1. The smallest absolute Gasteiger partial charge is 0.308 e. The molecule has 0 amide bonds. The summed E-state index contributed by atoms with van der Waals surface area (Å²) in [5.41, 5.74) is 0.984. The minimum atomic E-state index is -0.683. The number of carboxylic acids is 1. The van der Waals surface area contributed by atoms with Crippen LogP contribution in [0.1, 0.15) is 37.8 Å². The predicted molar refractivity (Wildman–Crippen MR) is 68.5 cm³/mol. The van der Waals surface area contributed by atoms with Crippen molar-refractivity contribution >= 4 is 22.4 Å². The van der Waals surface area contributed by atoms with Gasteiger partial charge in [-0.05, 0) is 19.8 Å². The van der Waals surface area contributed by atoms with Gasteiger partial charge in [0.25, 0.3) is 0 Å². The summed E-state index contributed by atoms with van der Waals surface area (Å²) in [6.45, 7) is 1.95. The Balaban J connectivity index is 2.07. The highest BCUT2D eigenvalue weighted by atomic mass is 32.1. The van der Waals surface area contributed by atoms with Crippen molar-refractivity contribution in [2.24, 2.45) is 5.92 Å². The van der Waals surface area contributed by atoms with Crippen molar-refractivity contribution in [1.82, 2.24) is 4.98 Å². The number of nitrogens with zero attached hydrogens (tertiary/aromatic N) is 1. The van der Waals surface area contributed by atoms with Crippen LogP contribution in [-0.4, -0.2) is 22.1 Å². The molecule has 5 heteroatoms. The van der Waals surface area contributed by atoms with Gasteiger partial charge in [-0.15, -0.1) is 11.3 Å². The largest absolute Gasteiger partial charge is 0.481 e. The first kappa shape index (κ1) is 12.4. The van der Waals surface area contributed by atoms with Gasteiger partial charge in [-0.2, -0.15) is 0 Å². The number of rotatable bonds is 3. The molecule has 4 nitrogen and oxygen atoms in total. The molecule has 1 aliphatic carbocycles. The van der Waals surface area contributed by atoms with Gasteiger partial charge in [0, 0.05) is 11.4 Å². The lowest BCUT2D eigenvalue weighted by molar-refractivity contribution is -0.142. The number of carbonyl (C=O) groups is 1. The Morgan fingerprint density at radius 1 is 1.47 bits per heavy atom. The highest BCUT2D eigenvalue weighted by Gasteiger charge is 2.29. The third-order valence-electron chi connectivity index (χ3n) is 3.26. The molecule has 1 fully saturated rings. The summed E-state index contributed by atoms with van der Waals surface area (Å²) in [6.07, 6.45) is 4.96. The molecule has 1 heterocycles. The van der Waals surface area contributed by atoms with Crippen molar-refractivity contribution in [3.8, 4) is 0 Å². The molecule has 0 aliphatic heterocycles. The lowest BCUT2D eigenvalue weighted by Gasteiger charge is -2.22. The van der Waals surface area contributed by atoms with Crippen molar-refractivity contribution in [2.45, 2.75) is 45.1 Å². The van der Waals surface area contributed by atoms with Crippen LogP contribution in [0.2, 0.25) is 0 Å². The molecule has 2 rings (SSSR count). The van der Waals surface area contributed by atoms with Gasteiger partial charge in [-0.1, -0.05) is 19.3 Å². The molecular weight excluding hydrogens is 236 g/mol. The van der Waals surface area contributed by atoms with Crippen LogP contribution in [0.3, 0.4) is 0 Å². The first-order chi connectivity index (χ1) is 8.16. The molecule has 2 N–H and O–H groups in total. The molecule has 0 radical (unpaired) electrons. The summed E-state index contributed by atoms with van der Waals surface area (Å²) in [7, 11) is 0. The molecule has 0 aromatic carbocycles. The van der Waals surface area contributed by atoms with Gasteiger partial charge < -0.3 is 10.4 Å². The molecule has 1 aromatic rings. The molecular formula is C12H18N2O2S. The Morgan fingerprint density at radius 3 is 2.88 bits per heavy atom. The second-order valence-corrected chi connectivity index (χ2v) is 5.49. The van der Waals surface area contributed by atoms with Gasteiger partial charge in [0.2, 0.25) is 0 Å². The van der Waals surface area contributed by atoms with E-state index in [-0.39, 0.29) is 12.0 Å². The number of anilines is 1. The van der Waals surface area contributed by atoms with E-state index in [0.29, 0.717) is 0 Å². The maximum atomic E-state index is 11.3. The first-order valence-corrected chi connectivity index (χ1v) is 6.96. The molecule has 2 unspecified atom stereocenters. The van der Waals surface area contributed by atoms with E-state index >= 15 is 0 Å². The fourth-order valence-electron chi connectivity index (χ4n) is 2.35. The number of thiazole rings is 1. The van der Waals surface area contributed by atoms with Gasteiger partial charge >= 0.3 is 5.97 Å². The maximum absolute atomic E-state index is 11.3. The summed E-state index contributed by atoms with van der Waals surface area (Å²) in [4.78, 5) is 15.6. The Kier molecular flexibility index (Phi) is 3.99. The van der Waals surface area contributed by atoms with Crippen LogP contribution >= 0.6 is 11.3 Å². The van der Waals surface area contributed by atoms with Gasteiger partial charge in [-0.25, -0.2) is 4.98 Å². The summed E-state index contributed by atoms with van der Waals surface area (Å²) in [5, 5.41) is 15.4. The zero-order valence-electron chi connectivity index (χ0n) is 9.98. The van der Waals surface area contributed by atoms with Crippen molar-refractivity contribution < 1.29 is 9.90 Å². The third-order valence-corrected chi connectivity index (χ3v) is 4.15. The number of carboxylic acid groups (broad SMARTS) is 1. The van der Waals surface area contributed by atoms with Crippen LogP contribution in [0, 0.1) is 12.8 Å². The molecule has 1 aromatic heterocycles. The van der Waals surface area contributed by atoms with E-state index in [2.05, 4.69) is 10.3 Å². The topological polar surface area (TPSA) is 62.2 Å². The first-order valence-electron chi connectivity index (χ1n) is 6.08. The third kappa shape index (κ3) is 3.19. The van der Waals surface area contributed by atoms with Crippen LogP contribution in [0.4, 0.5) is 5.13 Å². The van der Waals surface area contributed by atoms with E-state index in [9.17, 15) is 9.90 Å². The fraction of sp³-hybridized carbons (Fsp3) is 0.667. The molecule has 2 atom stereocenters. The van der Waals surface area contributed by atoms with Crippen LogP contribution in [-0.2, 0) is 4.79 Å². The summed E-state index contributed by atoms with van der Waals surface area (Å²) >= 11 is 1.55. The number of aromatic nitrogens is 1. The van der Waals surface area contributed by atoms with E-state index < -0.39 is 5.97 Å². The minimum Gasteiger partial charge on any atom is -0.481 e. The molecule has 1 saturated carbocycles. The van der Waals surface area contributed by atoms with E-state index in [1.807, 2.05) is 12.3 Å². The van der Waals surface area contributed by atoms with Gasteiger partial charge in [0.1, 0.15) is 0 Å². The fourth-order valence-corrected chi connectivity index (χ4v) is 3.11. The molecule has 0 saturated heterocycles.